The molecule has 3 aromatic rings. The molecule has 1 N–H and O–H groups in total. The molecule has 0 saturated carbocycles. The van der Waals surface area contributed by atoms with Gasteiger partial charge in [-0.15, -0.1) is 10.2 Å². The minimum atomic E-state index is -3.62. The summed E-state index contributed by atoms with van der Waals surface area (Å²) in [6, 6.07) is 16.6. The Kier molecular flexibility index (Phi) is 6.05. The van der Waals surface area contributed by atoms with Crippen LogP contribution in [-0.4, -0.2) is 37.3 Å². The zero-order valence-corrected chi connectivity index (χ0v) is 17.1. The normalized spacial score (nSPS) is 11.2. The molecule has 146 valence electrons. The summed E-state index contributed by atoms with van der Waals surface area (Å²) in [6.45, 7) is 1.67. The number of hydrogen-bond donors (Lipinski definition) is 1. The Labute approximate surface area is 168 Å². The van der Waals surface area contributed by atoms with Crippen molar-refractivity contribution in [2.75, 3.05) is 22.4 Å². The van der Waals surface area contributed by atoms with E-state index in [1.54, 1.807) is 12.1 Å². The number of aromatic nitrogens is 2. The van der Waals surface area contributed by atoms with Gasteiger partial charge >= 0.3 is 0 Å². The number of hydrogen-bond acceptors (Lipinski definition) is 6. The molecule has 0 fully saturated rings. The maximum Gasteiger partial charge on any atom is 0.246 e. The molecule has 9 heteroatoms. The predicted octanol–water partition coefficient (Wildman–Crippen LogP) is 3.17. The number of benzene rings is 2. The number of sulfonamides is 1. The molecule has 1 heterocycles. The summed E-state index contributed by atoms with van der Waals surface area (Å²) in [7, 11) is -3.62. The Balaban J connectivity index is 1.73. The third-order valence-electron chi connectivity index (χ3n) is 4.01. The molecule has 0 radical (unpaired) electrons. The van der Waals surface area contributed by atoms with Crippen LogP contribution >= 0.6 is 11.3 Å². The molecular weight excluding hydrogens is 396 g/mol. The second-order valence-electron chi connectivity index (χ2n) is 6.12. The third-order valence-corrected chi connectivity index (χ3v) is 6.04. The van der Waals surface area contributed by atoms with Crippen LogP contribution < -0.4 is 9.62 Å². The summed E-state index contributed by atoms with van der Waals surface area (Å²) in [4.78, 5) is 12.4. The standard InChI is InChI=1S/C19H20N4O3S2/c1-3-14-9-11-16(12-10-14)23(28(2,25)26)13-17(24)20-19-22-21-18(27-19)15-7-5-4-6-8-15/h4-12H,3,13H2,1-2H3,(H,20,22,24). The van der Waals surface area contributed by atoms with E-state index >= 15 is 0 Å². The van der Waals surface area contributed by atoms with E-state index in [2.05, 4.69) is 15.5 Å². The lowest BCUT2D eigenvalue weighted by atomic mass is 10.1. The van der Waals surface area contributed by atoms with E-state index in [0.717, 1.165) is 28.1 Å². The lowest BCUT2D eigenvalue weighted by Crippen LogP contribution is -2.37. The van der Waals surface area contributed by atoms with Gasteiger partial charge in [0.05, 0.1) is 11.9 Å². The van der Waals surface area contributed by atoms with Crippen molar-refractivity contribution in [2.24, 2.45) is 0 Å². The number of nitrogens with one attached hydrogen (secondary N) is 1. The highest BCUT2D eigenvalue weighted by Crippen LogP contribution is 2.26. The van der Waals surface area contributed by atoms with Crippen molar-refractivity contribution in [2.45, 2.75) is 13.3 Å². The summed E-state index contributed by atoms with van der Waals surface area (Å²) in [5.41, 5.74) is 2.43. The van der Waals surface area contributed by atoms with Crippen molar-refractivity contribution in [3.8, 4) is 10.6 Å². The maximum absolute atomic E-state index is 12.4. The molecule has 0 aliphatic carbocycles. The molecule has 7 nitrogen and oxygen atoms in total. The fourth-order valence-electron chi connectivity index (χ4n) is 2.56. The zero-order chi connectivity index (χ0) is 20.1. The Morgan fingerprint density at radius 1 is 1.07 bits per heavy atom. The van der Waals surface area contributed by atoms with Gasteiger partial charge in [0, 0.05) is 5.56 Å². The second-order valence-corrected chi connectivity index (χ2v) is 9.00. The average Bonchev–Trinajstić information content (AvgIpc) is 3.14. The molecule has 28 heavy (non-hydrogen) atoms. The van der Waals surface area contributed by atoms with Crippen molar-refractivity contribution in [3.63, 3.8) is 0 Å². The molecule has 0 aliphatic rings. The van der Waals surface area contributed by atoms with Crippen LogP contribution in [-0.2, 0) is 21.2 Å². The lowest BCUT2D eigenvalue weighted by Gasteiger charge is -2.21. The van der Waals surface area contributed by atoms with Crippen LogP contribution in [0.15, 0.2) is 54.6 Å². The van der Waals surface area contributed by atoms with E-state index in [1.165, 1.54) is 11.3 Å². The first-order valence-electron chi connectivity index (χ1n) is 8.62. The van der Waals surface area contributed by atoms with E-state index in [1.807, 2.05) is 49.4 Å². The predicted molar refractivity (Wildman–Crippen MR) is 112 cm³/mol. The first-order valence-corrected chi connectivity index (χ1v) is 11.3. The fraction of sp³-hybridized carbons (Fsp3) is 0.211. The monoisotopic (exact) mass is 416 g/mol. The maximum atomic E-state index is 12.4. The fourth-order valence-corrected chi connectivity index (χ4v) is 4.18. The van der Waals surface area contributed by atoms with Gasteiger partial charge in [0.25, 0.3) is 0 Å². The molecule has 0 unspecified atom stereocenters. The van der Waals surface area contributed by atoms with E-state index in [4.69, 9.17) is 0 Å². The molecule has 0 saturated heterocycles. The highest BCUT2D eigenvalue weighted by atomic mass is 32.2. The molecular formula is C19H20N4O3S2. The van der Waals surface area contributed by atoms with Gasteiger partial charge in [0.1, 0.15) is 11.6 Å². The summed E-state index contributed by atoms with van der Waals surface area (Å²) in [6.07, 6.45) is 1.92. The molecule has 0 atom stereocenters. The van der Waals surface area contributed by atoms with Gasteiger partial charge in [-0.05, 0) is 24.1 Å². The van der Waals surface area contributed by atoms with E-state index < -0.39 is 15.9 Å². The van der Waals surface area contributed by atoms with Gasteiger partial charge < -0.3 is 0 Å². The SMILES string of the molecule is CCc1ccc(N(CC(=O)Nc2nnc(-c3ccccc3)s2)S(C)(=O)=O)cc1. The van der Waals surface area contributed by atoms with Crippen LogP contribution in [0.2, 0.25) is 0 Å². The highest BCUT2D eigenvalue weighted by Gasteiger charge is 2.21. The Bertz CT molecular complexity index is 1050. The summed E-state index contributed by atoms with van der Waals surface area (Å²) in [5.74, 6) is -0.485. The number of anilines is 2. The minimum absolute atomic E-state index is 0.318. The number of aryl methyl sites for hydroxylation is 1. The first-order chi connectivity index (χ1) is 13.4. The Hall–Kier alpha value is -2.78. The van der Waals surface area contributed by atoms with Crippen molar-refractivity contribution < 1.29 is 13.2 Å². The van der Waals surface area contributed by atoms with Gasteiger partial charge in [-0.3, -0.25) is 14.4 Å². The van der Waals surface area contributed by atoms with Crippen molar-refractivity contribution in [3.05, 3.63) is 60.2 Å². The topological polar surface area (TPSA) is 92.3 Å². The van der Waals surface area contributed by atoms with E-state index in [9.17, 15) is 13.2 Å². The van der Waals surface area contributed by atoms with Gasteiger partial charge in [-0.25, -0.2) is 8.42 Å². The van der Waals surface area contributed by atoms with E-state index in [-0.39, 0.29) is 6.54 Å². The smallest absolute Gasteiger partial charge is 0.246 e. The molecule has 0 aliphatic heterocycles. The van der Waals surface area contributed by atoms with Crippen LogP contribution in [0.25, 0.3) is 10.6 Å². The van der Waals surface area contributed by atoms with Crippen molar-refractivity contribution >= 4 is 38.1 Å². The van der Waals surface area contributed by atoms with Crippen molar-refractivity contribution in [1.82, 2.24) is 10.2 Å². The second kappa shape index (κ2) is 8.49. The third kappa shape index (κ3) is 4.93. The van der Waals surface area contributed by atoms with Crippen LogP contribution in [0.5, 0.6) is 0 Å². The van der Waals surface area contributed by atoms with Crippen LogP contribution in [0.1, 0.15) is 12.5 Å². The highest BCUT2D eigenvalue weighted by molar-refractivity contribution is 7.92. The Morgan fingerprint density at radius 3 is 2.36 bits per heavy atom. The van der Waals surface area contributed by atoms with Gasteiger partial charge in [0.2, 0.25) is 21.1 Å². The molecule has 0 bridgehead atoms. The quantitative estimate of drug-likeness (QED) is 0.639. The lowest BCUT2D eigenvalue weighted by molar-refractivity contribution is -0.114. The molecule has 1 aromatic heterocycles. The zero-order valence-electron chi connectivity index (χ0n) is 15.5. The summed E-state index contributed by atoms with van der Waals surface area (Å²) < 4.78 is 25.4. The number of carbonyl (C=O) groups excluding carboxylic acids is 1. The molecule has 0 spiro atoms. The molecule has 3 rings (SSSR count). The number of amides is 1. The Morgan fingerprint density at radius 2 is 1.75 bits per heavy atom. The van der Waals surface area contributed by atoms with Gasteiger partial charge in [-0.2, -0.15) is 0 Å². The first kappa shape index (κ1) is 20.0. The van der Waals surface area contributed by atoms with Gasteiger partial charge in [-0.1, -0.05) is 60.7 Å². The number of rotatable bonds is 7. The van der Waals surface area contributed by atoms with E-state index in [0.29, 0.717) is 15.8 Å². The van der Waals surface area contributed by atoms with Crippen LogP contribution in [0.4, 0.5) is 10.8 Å². The largest absolute Gasteiger partial charge is 0.299 e. The minimum Gasteiger partial charge on any atom is -0.299 e. The summed E-state index contributed by atoms with van der Waals surface area (Å²) in [5, 5.41) is 11.6. The molecule has 1 amide bonds. The van der Waals surface area contributed by atoms with Crippen molar-refractivity contribution in [1.29, 1.82) is 0 Å². The van der Waals surface area contributed by atoms with Gasteiger partial charge in [0.15, 0.2) is 0 Å². The number of nitrogens with zero attached hydrogens (tertiary/aromatic N) is 3. The molecule has 2 aromatic carbocycles. The number of carbonyl (C=O) groups is 1. The van der Waals surface area contributed by atoms with Crippen LogP contribution in [0.3, 0.4) is 0 Å². The van der Waals surface area contributed by atoms with Crippen LogP contribution in [0, 0.1) is 0 Å². The average molecular weight is 417 g/mol. The summed E-state index contributed by atoms with van der Waals surface area (Å²) >= 11 is 1.23.